The normalized spacial score (nSPS) is 17.4. The first kappa shape index (κ1) is 17.6. The predicted molar refractivity (Wildman–Crippen MR) is 92.8 cm³/mol. The van der Waals surface area contributed by atoms with Crippen LogP contribution in [-0.2, 0) is 9.53 Å². The lowest BCUT2D eigenvalue weighted by Crippen LogP contribution is -2.48. The van der Waals surface area contributed by atoms with E-state index in [0.717, 1.165) is 24.3 Å². The predicted octanol–water partition coefficient (Wildman–Crippen LogP) is 4.26. The molecule has 4 heteroatoms. The maximum absolute atomic E-state index is 12.3. The number of hydrogen-bond acceptors (Lipinski definition) is 4. The van der Waals surface area contributed by atoms with E-state index in [0.29, 0.717) is 5.92 Å². The Morgan fingerprint density at radius 2 is 1.74 bits per heavy atom. The summed E-state index contributed by atoms with van der Waals surface area (Å²) in [5, 5.41) is 3.60. The molecule has 1 aromatic carbocycles. The van der Waals surface area contributed by atoms with Crippen LogP contribution in [0.1, 0.15) is 46.0 Å². The first-order valence-corrected chi connectivity index (χ1v) is 8.48. The quantitative estimate of drug-likeness (QED) is 0.796. The minimum absolute atomic E-state index is 0.0589. The lowest BCUT2D eigenvalue weighted by molar-refractivity contribution is -0.152. The molecule has 0 bridgehead atoms. The van der Waals surface area contributed by atoms with Crippen molar-refractivity contribution in [3.8, 4) is 5.75 Å². The molecule has 0 aliphatic heterocycles. The summed E-state index contributed by atoms with van der Waals surface area (Å²) in [4.78, 5) is 12.3. The van der Waals surface area contributed by atoms with Gasteiger partial charge in [-0.3, -0.25) is 4.79 Å². The zero-order valence-corrected chi connectivity index (χ0v) is 14.7. The molecule has 0 saturated heterocycles. The average Bonchev–Trinajstić information content (AvgIpc) is 2.60. The number of benzene rings is 1. The molecule has 1 aliphatic rings. The maximum atomic E-state index is 12.3. The molecule has 0 aromatic heterocycles. The summed E-state index contributed by atoms with van der Waals surface area (Å²) in [5.41, 5.74) is 0.440. The molecule has 128 valence electrons. The van der Waals surface area contributed by atoms with Crippen LogP contribution in [0.25, 0.3) is 0 Å². The van der Waals surface area contributed by atoms with Crippen molar-refractivity contribution in [1.82, 2.24) is 0 Å². The van der Waals surface area contributed by atoms with Crippen molar-refractivity contribution >= 4 is 11.7 Å². The molecule has 1 N–H and O–H groups in total. The highest BCUT2D eigenvalue weighted by Gasteiger charge is 2.42. The van der Waals surface area contributed by atoms with Crippen LogP contribution in [0.5, 0.6) is 5.75 Å². The van der Waals surface area contributed by atoms with Crippen molar-refractivity contribution in [1.29, 1.82) is 0 Å². The van der Waals surface area contributed by atoms with Gasteiger partial charge in [-0.1, -0.05) is 19.3 Å². The van der Waals surface area contributed by atoms with Crippen LogP contribution in [0, 0.1) is 11.3 Å². The summed E-state index contributed by atoms with van der Waals surface area (Å²) in [7, 11) is 3.13. The smallest absolute Gasteiger partial charge is 0.313 e. The van der Waals surface area contributed by atoms with Gasteiger partial charge in [0.05, 0.1) is 19.6 Å². The highest BCUT2D eigenvalue weighted by molar-refractivity contribution is 5.77. The van der Waals surface area contributed by atoms with Crippen LogP contribution in [0.4, 0.5) is 5.69 Å². The zero-order valence-electron chi connectivity index (χ0n) is 14.7. The van der Waals surface area contributed by atoms with Crippen molar-refractivity contribution in [2.24, 2.45) is 11.3 Å². The molecular formula is C19H29NO3. The summed E-state index contributed by atoms with van der Waals surface area (Å²) in [6.07, 6.45) is 6.10. The van der Waals surface area contributed by atoms with E-state index in [2.05, 4.69) is 5.32 Å². The Kier molecular flexibility index (Phi) is 5.91. The second kappa shape index (κ2) is 7.71. The van der Waals surface area contributed by atoms with Crippen molar-refractivity contribution in [2.45, 2.75) is 52.0 Å². The van der Waals surface area contributed by atoms with Crippen molar-refractivity contribution in [3.63, 3.8) is 0 Å². The molecule has 0 heterocycles. The minimum atomic E-state index is -0.573. The van der Waals surface area contributed by atoms with E-state index in [4.69, 9.17) is 9.47 Å². The lowest BCUT2D eigenvalue weighted by Gasteiger charge is -2.40. The van der Waals surface area contributed by atoms with Gasteiger partial charge in [-0.2, -0.15) is 0 Å². The average molecular weight is 319 g/mol. The van der Waals surface area contributed by atoms with Crippen LogP contribution in [0.3, 0.4) is 0 Å². The first-order chi connectivity index (χ1) is 11.0. The minimum Gasteiger partial charge on any atom is -0.497 e. The van der Waals surface area contributed by atoms with Gasteiger partial charge in [0.1, 0.15) is 5.75 Å². The molecule has 0 spiro atoms. The molecule has 1 aliphatic carbocycles. The van der Waals surface area contributed by atoms with E-state index in [1.165, 1.54) is 26.4 Å². The first-order valence-electron chi connectivity index (χ1n) is 8.48. The van der Waals surface area contributed by atoms with Crippen molar-refractivity contribution < 1.29 is 14.3 Å². The number of hydrogen-bond donors (Lipinski definition) is 1. The largest absolute Gasteiger partial charge is 0.497 e. The highest BCUT2D eigenvalue weighted by atomic mass is 16.5. The van der Waals surface area contributed by atoms with Crippen LogP contribution in [-0.4, -0.2) is 26.2 Å². The molecule has 1 unspecified atom stereocenters. The number of esters is 1. The van der Waals surface area contributed by atoms with Gasteiger partial charge in [0, 0.05) is 11.7 Å². The summed E-state index contributed by atoms with van der Waals surface area (Å²) in [6.45, 7) is 3.96. The molecule has 1 saturated carbocycles. The third-order valence-corrected chi connectivity index (χ3v) is 5.02. The third-order valence-electron chi connectivity index (χ3n) is 5.02. The number of carbonyl (C=O) groups excluding carboxylic acids is 1. The second-order valence-electron chi connectivity index (χ2n) is 6.96. The molecular weight excluding hydrogens is 290 g/mol. The molecule has 23 heavy (non-hydrogen) atoms. The number of nitrogens with one attached hydrogen (secondary N) is 1. The Labute approximate surface area is 139 Å². The van der Waals surface area contributed by atoms with Crippen molar-refractivity contribution in [2.75, 3.05) is 19.5 Å². The lowest BCUT2D eigenvalue weighted by atomic mass is 9.72. The highest BCUT2D eigenvalue weighted by Crippen LogP contribution is 2.38. The molecule has 1 fully saturated rings. The van der Waals surface area contributed by atoms with E-state index in [9.17, 15) is 4.79 Å². The Morgan fingerprint density at radius 3 is 2.26 bits per heavy atom. The van der Waals surface area contributed by atoms with Gasteiger partial charge in [0.25, 0.3) is 0 Å². The fourth-order valence-corrected chi connectivity index (χ4v) is 3.61. The maximum Gasteiger partial charge on any atom is 0.313 e. The Bertz CT molecular complexity index is 504. The van der Waals surface area contributed by atoms with Crippen LogP contribution < -0.4 is 10.1 Å². The fourth-order valence-electron chi connectivity index (χ4n) is 3.61. The second-order valence-corrected chi connectivity index (χ2v) is 6.96. The summed E-state index contributed by atoms with van der Waals surface area (Å²) >= 11 is 0. The number of methoxy groups -OCH3 is 2. The number of anilines is 1. The third kappa shape index (κ3) is 4.18. The molecule has 0 radical (unpaired) electrons. The number of carbonyl (C=O) groups is 1. The summed E-state index contributed by atoms with van der Waals surface area (Å²) in [5.74, 6) is 1.16. The van der Waals surface area contributed by atoms with Gasteiger partial charge >= 0.3 is 5.97 Å². The molecule has 4 nitrogen and oxygen atoms in total. The van der Waals surface area contributed by atoms with E-state index in [1.807, 2.05) is 38.1 Å². The van der Waals surface area contributed by atoms with Gasteiger partial charge in [-0.15, -0.1) is 0 Å². The van der Waals surface area contributed by atoms with E-state index < -0.39 is 5.41 Å². The fraction of sp³-hybridized carbons (Fsp3) is 0.632. The van der Waals surface area contributed by atoms with Crippen LogP contribution >= 0.6 is 0 Å². The van der Waals surface area contributed by atoms with Gasteiger partial charge in [0.2, 0.25) is 0 Å². The summed E-state index contributed by atoms with van der Waals surface area (Å²) < 4.78 is 10.3. The van der Waals surface area contributed by atoms with E-state index >= 15 is 0 Å². The van der Waals surface area contributed by atoms with Crippen LogP contribution in [0.2, 0.25) is 0 Å². The molecule has 1 atom stereocenters. The van der Waals surface area contributed by atoms with Crippen LogP contribution in [0.15, 0.2) is 24.3 Å². The van der Waals surface area contributed by atoms with E-state index in [1.54, 1.807) is 7.11 Å². The van der Waals surface area contributed by atoms with Gasteiger partial charge in [-0.25, -0.2) is 0 Å². The van der Waals surface area contributed by atoms with Gasteiger partial charge in [-0.05, 0) is 56.9 Å². The van der Waals surface area contributed by atoms with Crippen molar-refractivity contribution in [3.05, 3.63) is 24.3 Å². The molecule has 2 rings (SSSR count). The number of ether oxygens (including phenoxy) is 2. The Morgan fingerprint density at radius 1 is 1.13 bits per heavy atom. The topological polar surface area (TPSA) is 47.6 Å². The molecule has 0 amide bonds. The van der Waals surface area contributed by atoms with Gasteiger partial charge in [0.15, 0.2) is 0 Å². The zero-order chi connectivity index (χ0) is 16.9. The SMILES string of the molecule is COC(=O)C(C)(C)C(Nc1ccc(OC)cc1)C1CCCCC1. The Hall–Kier alpha value is -1.71. The van der Waals surface area contributed by atoms with E-state index in [-0.39, 0.29) is 12.0 Å². The Balaban J connectivity index is 2.22. The monoisotopic (exact) mass is 319 g/mol. The number of rotatable bonds is 6. The molecule has 1 aromatic rings. The summed E-state index contributed by atoms with van der Waals surface area (Å²) in [6, 6.07) is 7.93. The van der Waals surface area contributed by atoms with Gasteiger partial charge < -0.3 is 14.8 Å². The standard InChI is InChI=1S/C19H29NO3/c1-19(2,18(21)23-4)17(14-8-6-5-7-9-14)20-15-10-12-16(22-3)13-11-15/h10-14,17,20H,5-9H2,1-4H3.